The molecule has 0 unspecified atom stereocenters. The number of carbonyl (C=O) groups excluding carboxylic acids is 2. The second-order valence-electron chi connectivity index (χ2n) is 3.53. The van der Waals surface area contributed by atoms with Gasteiger partial charge in [-0.25, -0.2) is 4.79 Å². The number of nitrogens with one attached hydrogen (secondary N) is 2. The van der Waals surface area contributed by atoms with Crippen LogP contribution in [0.3, 0.4) is 0 Å². The maximum Gasteiger partial charge on any atom is 0.317 e. The van der Waals surface area contributed by atoms with Crippen LogP contribution in [0.5, 0.6) is 0 Å². The first-order valence-corrected chi connectivity index (χ1v) is 4.91. The summed E-state index contributed by atoms with van der Waals surface area (Å²) >= 11 is 0. The Bertz CT molecular complexity index is 226. The smallest absolute Gasteiger partial charge is 0.317 e. The quantitative estimate of drug-likeness (QED) is 0.665. The van der Waals surface area contributed by atoms with Crippen molar-refractivity contribution in [1.82, 2.24) is 15.5 Å². The Morgan fingerprint density at radius 1 is 1.43 bits per heavy atom. The SMILES string of the molecule is CCNC(=O)CN(C)C(=O)NC1CC1. The summed E-state index contributed by atoms with van der Waals surface area (Å²) in [6, 6.07) is 0.165. The van der Waals surface area contributed by atoms with Crippen molar-refractivity contribution in [2.45, 2.75) is 25.8 Å². The summed E-state index contributed by atoms with van der Waals surface area (Å²) < 4.78 is 0. The minimum atomic E-state index is -0.168. The molecule has 3 amide bonds. The van der Waals surface area contributed by atoms with Crippen LogP contribution in [-0.2, 0) is 4.79 Å². The summed E-state index contributed by atoms with van der Waals surface area (Å²) in [5, 5.41) is 5.45. The molecule has 0 aromatic heterocycles. The van der Waals surface area contributed by atoms with E-state index in [-0.39, 0.29) is 18.5 Å². The average Bonchev–Trinajstić information content (AvgIpc) is 2.88. The van der Waals surface area contributed by atoms with Crippen molar-refractivity contribution in [2.24, 2.45) is 0 Å². The molecule has 1 aliphatic carbocycles. The van der Waals surface area contributed by atoms with E-state index < -0.39 is 0 Å². The Morgan fingerprint density at radius 2 is 2.07 bits per heavy atom. The number of carbonyl (C=O) groups is 2. The van der Waals surface area contributed by atoms with E-state index in [0.717, 1.165) is 12.8 Å². The molecule has 2 N–H and O–H groups in total. The number of hydrogen-bond acceptors (Lipinski definition) is 2. The molecular weight excluding hydrogens is 182 g/mol. The monoisotopic (exact) mass is 199 g/mol. The van der Waals surface area contributed by atoms with Crippen molar-refractivity contribution < 1.29 is 9.59 Å². The molecule has 0 atom stereocenters. The molecule has 0 saturated heterocycles. The van der Waals surface area contributed by atoms with E-state index in [1.54, 1.807) is 7.05 Å². The zero-order chi connectivity index (χ0) is 10.6. The normalized spacial score (nSPS) is 14.7. The van der Waals surface area contributed by atoms with E-state index in [4.69, 9.17) is 0 Å². The minimum absolute atomic E-state index is 0.117. The summed E-state index contributed by atoms with van der Waals surface area (Å²) in [4.78, 5) is 23.9. The van der Waals surface area contributed by atoms with Gasteiger partial charge in [0.2, 0.25) is 5.91 Å². The molecule has 0 aromatic rings. The lowest BCUT2D eigenvalue weighted by atomic mass is 10.5. The maximum atomic E-state index is 11.4. The van der Waals surface area contributed by atoms with Crippen molar-refractivity contribution in [3.05, 3.63) is 0 Å². The van der Waals surface area contributed by atoms with Gasteiger partial charge in [-0.1, -0.05) is 0 Å². The fraction of sp³-hybridized carbons (Fsp3) is 0.778. The van der Waals surface area contributed by atoms with Gasteiger partial charge in [0.25, 0.3) is 0 Å². The molecule has 1 aliphatic rings. The number of likely N-dealkylation sites (N-methyl/N-ethyl adjacent to an activating group) is 2. The molecule has 0 radical (unpaired) electrons. The van der Waals surface area contributed by atoms with E-state index in [2.05, 4.69) is 10.6 Å². The topological polar surface area (TPSA) is 61.4 Å². The molecule has 1 fully saturated rings. The predicted octanol–water partition coefficient (Wildman–Crippen LogP) is -0.0737. The van der Waals surface area contributed by atoms with Crippen LogP contribution in [0, 0.1) is 0 Å². The number of nitrogens with zero attached hydrogens (tertiary/aromatic N) is 1. The number of rotatable bonds is 4. The van der Waals surface area contributed by atoms with E-state index in [1.165, 1.54) is 4.90 Å². The van der Waals surface area contributed by atoms with Gasteiger partial charge >= 0.3 is 6.03 Å². The number of hydrogen-bond donors (Lipinski definition) is 2. The molecular formula is C9H17N3O2. The van der Waals surface area contributed by atoms with E-state index in [0.29, 0.717) is 12.6 Å². The lowest BCUT2D eigenvalue weighted by Gasteiger charge is -2.16. The zero-order valence-electron chi connectivity index (χ0n) is 8.67. The molecule has 14 heavy (non-hydrogen) atoms. The van der Waals surface area contributed by atoms with E-state index in [1.807, 2.05) is 6.92 Å². The van der Waals surface area contributed by atoms with Crippen LogP contribution in [0.15, 0.2) is 0 Å². The highest BCUT2D eigenvalue weighted by Gasteiger charge is 2.25. The first-order chi connectivity index (χ1) is 6.63. The first-order valence-electron chi connectivity index (χ1n) is 4.91. The van der Waals surface area contributed by atoms with Crippen LogP contribution < -0.4 is 10.6 Å². The van der Waals surface area contributed by atoms with Crippen molar-refractivity contribution in [3.8, 4) is 0 Å². The van der Waals surface area contributed by atoms with Crippen LogP contribution in [0.4, 0.5) is 4.79 Å². The second kappa shape index (κ2) is 4.83. The van der Waals surface area contributed by atoms with Gasteiger partial charge in [-0.15, -0.1) is 0 Å². The Balaban J connectivity index is 2.21. The van der Waals surface area contributed by atoms with Gasteiger partial charge < -0.3 is 15.5 Å². The Hall–Kier alpha value is -1.26. The Labute approximate surface area is 83.8 Å². The van der Waals surface area contributed by atoms with Crippen molar-refractivity contribution in [3.63, 3.8) is 0 Å². The van der Waals surface area contributed by atoms with Crippen LogP contribution in [0.25, 0.3) is 0 Å². The molecule has 1 saturated carbocycles. The van der Waals surface area contributed by atoms with Crippen molar-refractivity contribution >= 4 is 11.9 Å². The third-order valence-electron chi connectivity index (χ3n) is 2.01. The van der Waals surface area contributed by atoms with Gasteiger partial charge in [0.05, 0.1) is 0 Å². The van der Waals surface area contributed by atoms with Crippen LogP contribution >= 0.6 is 0 Å². The molecule has 1 rings (SSSR count). The van der Waals surface area contributed by atoms with Crippen molar-refractivity contribution in [1.29, 1.82) is 0 Å². The predicted molar refractivity (Wildman–Crippen MR) is 52.9 cm³/mol. The third kappa shape index (κ3) is 3.64. The molecule has 0 bridgehead atoms. The van der Waals surface area contributed by atoms with Crippen molar-refractivity contribution in [2.75, 3.05) is 20.1 Å². The van der Waals surface area contributed by atoms with Gasteiger partial charge in [0.1, 0.15) is 6.54 Å². The van der Waals surface area contributed by atoms with Gasteiger partial charge in [-0.05, 0) is 19.8 Å². The number of amides is 3. The highest BCUT2D eigenvalue weighted by molar-refractivity contribution is 5.83. The molecule has 0 heterocycles. The molecule has 0 spiro atoms. The average molecular weight is 199 g/mol. The van der Waals surface area contributed by atoms with Crippen LogP contribution in [-0.4, -0.2) is 43.0 Å². The lowest BCUT2D eigenvalue weighted by molar-refractivity contribution is -0.121. The van der Waals surface area contributed by atoms with Gasteiger partial charge in [-0.3, -0.25) is 4.79 Å². The summed E-state index contributed by atoms with van der Waals surface area (Å²) in [5.74, 6) is -0.124. The van der Waals surface area contributed by atoms with Crippen LogP contribution in [0.1, 0.15) is 19.8 Å². The summed E-state index contributed by atoms with van der Waals surface area (Å²) in [6.45, 7) is 2.56. The molecule has 5 heteroatoms. The molecule has 0 aromatic carbocycles. The second-order valence-corrected chi connectivity index (χ2v) is 3.53. The molecule has 0 aliphatic heterocycles. The fourth-order valence-corrected chi connectivity index (χ4v) is 1.05. The summed E-state index contributed by atoms with van der Waals surface area (Å²) in [5.41, 5.74) is 0. The number of urea groups is 1. The minimum Gasteiger partial charge on any atom is -0.355 e. The molecule has 80 valence electrons. The van der Waals surface area contributed by atoms with Gasteiger partial charge in [-0.2, -0.15) is 0 Å². The summed E-state index contributed by atoms with van der Waals surface area (Å²) in [7, 11) is 1.62. The Morgan fingerprint density at radius 3 is 2.57 bits per heavy atom. The maximum absolute atomic E-state index is 11.4. The lowest BCUT2D eigenvalue weighted by Crippen LogP contribution is -2.43. The van der Waals surface area contributed by atoms with E-state index in [9.17, 15) is 9.59 Å². The standard InChI is InChI=1S/C9H17N3O2/c1-3-10-8(13)6-12(2)9(14)11-7-4-5-7/h7H,3-6H2,1-2H3,(H,10,13)(H,11,14). The highest BCUT2D eigenvalue weighted by atomic mass is 16.2. The van der Waals surface area contributed by atoms with Gasteiger partial charge in [0, 0.05) is 19.6 Å². The zero-order valence-corrected chi connectivity index (χ0v) is 8.67. The Kier molecular flexibility index (Phi) is 3.73. The van der Waals surface area contributed by atoms with E-state index >= 15 is 0 Å². The first kappa shape index (κ1) is 10.8. The largest absolute Gasteiger partial charge is 0.355 e. The van der Waals surface area contributed by atoms with Gasteiger partial charge in [0.15, 0.2) is 0 Å². The summed E-state index contributed by atoms with van der Waals surface area (Å²) in [6.07, 6.45) is 2.11. The van der Waals surface area contributed by atoms with Crippen LogP contribution in [0.2, 0.25) is 0 Å². The third-order valence-corrected chi connectivity index (χ3v) is 2.01. The molecule has 5 nitrogen and oxygen atoms in total. The highest BCUT2D eigenvalue weighted by Crippen LogP contribution is 2.18. The fourth-order valence-electron chi connectivity index (χ4n) is 1.05.